The van der Waals surface area contributed by atoms with Crippen molar-refractivity contribution in [3.63, 3.8) is 0 Å². The second-order valence-electron chi connectivity index (χ2n) is 34.9. The molecule has 4 rings (SSSR count). The van der Waals surface area contributed by atoms with Crippen molar-refractivity contribution in [3.8, 4) is 11.5 Å². The lowest BCUT2D eigenvalue weighted by molar-refractivity contribution is -0.143. The average Bonchev–Trinajstić information content (AvgIpc) is 0.848. The normalized spacial score (nSPS) is 15.9. The fraction of sp³-hybridized carbons (Fsp3) is 0.598. The van der Waals surface area contributed by atoms with E-state index < -0.39 is 291 Å². The summed E-state index contributed by atoms with van der Waals surface area (Å²) >= 11 is 0. The summed E-state index contributed by atoms with van der Waals surface area (Å²) in [5, 5.41) is 114. The number of aliphatic hydroxyl groups excluding tert-OH is 4. The number of amides is 9. The van der Waals surface area contributed by atoms with E-state index in [4.69, 9.17) is 5.73 Å². The summed E-state index contributed by atoms with van der Waals surface area (Å²) in [4.78, 5) is 262. The van der Waals surface area contributed by atoms with E-state index in [0.717, 1.165) is 13.8 Å². The van der Waals surface area contributed by atoms with Gasteiger partial charge >= 0.3 is 17.9 Å². The van der Waals surface area contributed by atoms with Crippen LogP contribution < -0.4 is 48.3 Å². The maximum Gasteiger partial charge on any atom is 0.304 e. The first-order chi connectivity index (χ1) is 61.2. The number of nitrogens with zero attached hydrogens (tertiary/aromatic N) is 1. The monoisotopic (exact) mass is 1820 g/mol. The minimum atomic E-state index is -2.00. The van der Waals surface area contributed by atoms with Gasteiger partial charge in [-0.05, 0) is 152 Å². The van der Waals surface area contributed by atoms with Crippen LogP contribution in [0.2, 0.25) is 0 Å². The minimum absolute atomic E-state index is 0.0246. The number of aliphatic carboxylic acids is 3. The highest BCUT2D eigenvalue weighted by Crippen LogP contribution is 2.27. The predicted octanol–water partition coefficient (Wildman–Crippen LogP) is 1.89. The molecule has 0 saturated carbocycles. The fourth-order valence-electron chi connectivity index (χ4n) is 15.0. The maximum absolute atomic E-state index is 14.8. The maximum atomic E-state index is 14.8. The van der Waals surface area contributed by atoms with Gasteiger partial charge in [0.2, 0.25) is 53.2 Å². The van der Waals surface area contributed by atoms with Gasteiger partial charge in [0.1, 0.15) is 17.5 Å². The van der Waals surface area contributed by atoms with Crippen LogP contribution in [-0.2, 0) is 110 Å². The Labute approximate surface area is 755 Å². The molecule has 1 heterocycles. The Morgan fingerprint density at radius 2 is 0.938 bits per heavy atom. The molecule has 3 aromatic rings. The van der Waals surface area contributed by atoms with E-state index >= 15 is 0 Å². The van der Waals surface area contributed by atoms with Crippen molar-refractivity contribution in [1.29, 1.82) is 0 Å². The molecule has 1 aliphatic rings. The van der Waals surface area contributed by atoms with Crippen LogP contribution in [-0.4, -0.2) is 256 Å². The zero-order valence-corrected chi connectivity index (χ0v) is 75.4. The zero-order chi connectivity index (χ0) is 97.4. The van der Waals surface area contributed by atoms with Gasteiger partial charge in [-0.15, -0.1) is 0 Å². The number of Topliss-reactive ketones (excluding diaryl/α,β-unsaturated/α-hetero) is 7. The summed E-state index contributed by atoms with van der Waals surface area (Å²) in [6.07, 6.45) is -8.84. The Hall–Kier alpha value is -11.6. The number of hydrogen-bond acceptors (Lipinski definition) is 26. The number of aromatic hydroxyl groups is 2. The quantitative estimate of drug-likeness (QED) is 0.0359. The van der Waals surface area contributed by atoms with Gasteiger partial charge in [0.15, 0.2) is 40.5 Å². The van der Waals surface area contributed by atoms with Crippen molar-refractivity contribution in [2.24, 2.45) is 59.0 Å². The lowest BCUT2D eigenvalue weighted by Crippen LogP contribution is -2.54. The van der Waals surface area contributed by atoms with Crippen LogP contribution in [0.15, 0.2) is 78.9 Å². The lowest BCUT2D eigenvalue weighted by atomic mass is 9.85. The van der Waals surface area contributed by atoms with Crippen molar-refractivity contribution in [3.05, 3.63) is 95.6 Å². The van der Waals surface area contributed by atoms with Gasteiger partial charge in [-0.25, -0.2) is 0 Å². The standard InChI is InChI=1S/C92H132N10O28/c1-10-52(4)84(77(114)40-60(35-57-22-27-64(107)28-23-57)87(126)96-69(34-51(2)3)73(110)38-61(43-82(120)121)86(125)95-53(5)18-14-16-32-93)100-89(128)63(49-103)41-74(111)70(37-58-24-29-65(108)30-25-58)97-88(127)62(44-83(122)123)39-75(112)72(50-104)99-91(130)68(55(7)106)46-76(113)71(36-56-19-12-11-13-20-56)98-90(129)67(54(6)105)45-66(109)47-94-85(124)59(26-31-81(118)119)42-78(115)92(8,9)101-79(116)48-102-33-17-15-21-80(102)117/h11-13,19-20,22-25,27-30,51-55,59-63,67-72,84,103-108H,10,14-18,21,26,31-50,93H2,1-9H3,(H,94,124)(H,95,125)(H,96,126)(H,97,127)(H,98,129)(H,99,130)(H,100,128)(H,101,116)(H,118,119)(H,120,121)(H,122,123)/t52-,53+,54+,55+,59+,60+,61-,62-,63-,67-,68-,69-,70-,71-,72-,84-/m0/s1. The molecule has 0 aromatic heterocycles. The van der Waals surface area contributed by atoms with Crippen LogP contribution in [0, 0.1) is 53.3 Å². The number of carbonyl (C=O) groups is 19. The van der Waals surface area contributed by atoms with E-state index in [1.807, 2.05) is 0 Å². The smallest absolute Gasteiger partial charge is 0.304 e. The number of carboxylic acid groups (broad SMARTS) is 3. The van der Waals surface area contributed by atoms with Crippen LogP contribution in [0.25, 0.3) is 0 Å². The third-order valence-corrected chi connectivity index (χ3v) is 23.0. The number of carboxylic acids is 3. The number of phenols is 2. The Kier molecular flexibility index (Phi) is 47.2. The second-order valence-corrected chi connectivity index (χ2v) is 34.9. The Morgan fingerprint density at radius 3 is 1.45 bits per heavy atom. The first-order valence-electron chi connectivity index (χ1n) is 44.1. The van der Waals surface area contributed by atoms with E-state index in [9.17, 15) is 137 Å². The average molecular weight is 1830 g/mol. The van der Waals surface area contributed by atoms with Crippen molar-refractivity contribution in [1.82, 2.24) is 47.4 Å². The SMILES string of the molecule is CC[C@H](C)[C@H](NC(=O)[C@H](CO)CC(=O)[C@H](Cc1ccc(O)cc1)NC(=O)[C@H](CC(=O)O)CC(=O)[C@H](CO)NC(=O)[C@@H](CC(=O)[C@H](Cc1ccccc1)NC(=O)[C@@H](CC(=O)CNC(=O)[C@H](CCC(=O)O)CC(=O)C(C)(C)NC(=O)CN1CCCCC1=O)[C@@H](C)O)[C@@H](C)O)C(=O)C[C@@H](Cc1ccc(O)cc1)C(=O)N[C@@H](CC(C)C)C(=O)C[C@@H](CC(=O)O)C(=O)N[C@H](C)CCCCN. The van der Waals surface area contributed by atoms with Gasteiger partial charge in [0, 0.05) is 82.2 Å². The number of ketones is 7. The van der Waals surface area contributed by atoms with Gasteiger partial charge in [0.05, 0.1) is 111 Å². The number of rotatable bonds is 63. The van der Waals surface area contributed by atoms with Crippen LogP contribution in [0.1, 0.15) is 201 Å². The van der Waals surface area contributed by atoms with E-state index in [1.165, 1.54) is 67.3 Å². The Balaban J connectivity index is 1.55. The molecule has 718 valence electrons. The molecule has 0 bridgehead atoms. The summed E-state index contributed by atoms with van der Waals surface area (Å²) < 4.78 is 0. The van der Waals surface area contributed by atoms with Gasteiger partial charge in [-0.1, -0.05) is 95.1 Å². The number of benzene rings is 3. The van der Waals surface area contributed by atoms with Crippen LogP contribution in [0.3, 0.4) is 0 Å². The molecule has 0 aliphatic carbocycles. The van der Waals surface area contributed by atoms with Crippen LogP contribution in [0.4, 0.5) is 0 Å². The number of nitrogens with two attached hydrogens (primary N) is 1. The third kappa shape index (κ3) is 39.0. The molecule has 1 fully saturated rings. The van der Waals surface area contributed by atoms with Crippen molar-refractivity contribution >= 4 is 112 Å². The first-order valence-corrected chi connectivity index (χ1v) is 44.1. The molecule has 0 unspecified atom stereocenters. The number of aliphatic hydroxyl groups is 4. The number of likely N-dealkylation sites (tertiary alicyclic amines) is 1. The zero-order valence-electron chi connectivity index (χ0n) is 75.4. The summed E-state index contributed by atoms with van der Waals surface area (Å²) in [6.45, 7) is 10.8. The molecular formula is C92H132N10O28. The van der Waals surface area contributed by atoms with E-state index in [0.29, 0.717) is 56.3 Å². The molecular weight excluding hydrogens is 1690 g/mol. The van der Waals surface area contributed by atoms with Gasteiger partial charge in [-0.3, -0.25) is 91.1 Å². The molecule has 16 atom stereocenters. The summed E-state index contributed by atoms with van der Waals surface area (Å²) in [7, 11) is 0. The Bertz CT molecular complexity index is 4370. The molecule has 9 amide bonds. The number of nitrogens with one attached hydrogen (secondary N) is 8. The largest absolute Gasteiger partial charge is 0.508 e. The minimum Gasteiger partial charge on any atom is -0.508 e. The second kappa shape index (κ2) is 55.4. The molecule has 19 N–H and O–H groups in total. The molecule has 1 aliphatic heterocycles. The molecule has 3 aromatic carbocycles. The summed E-state index contributed by atoms with van der Waals surface area (Å²) in [5.41, 5.74) is 5.16. The van der Waals surface area contributed by atoms with Crippen molar-refractivity contribution in [2.45, 2.75) is 258 Å². The van der Waals surface area contributed by atoms with E-state index in [-0.39, 0.29) is 80.0 Å². The van der Waals surface area contributed by atoms with Crippen molar-refractivity contribution in [2.75, 3.05) is 39.4 Å². The molecule has 130 heavy (non-hydrogen) atoms. The predicted molar refractivity (Wildman–Crippen MR) is 469 cm³/mol. The molecule has 38 heteroatoms. The highest BCUT2D eigenvalue weighted by Gasteiger charge is 2.42. The number of carbonyl (C=O) groups excluding carboxylic acids is 16. The highest BCUT2D eigenvalue weighted by atomic mass is 16.4. The molecule has 1 saturated heterocycles. The number of phenolic OH excluding ortho intramolecular Hbond substituents is 2. The van der Waals surface area contributed by atoms with E-state index in [1.54, 1.807) is 65.0 Å². The van der Waals surface area contributed by atoms with Crippen LogP contribution >= 0.6 is 0 Å². The Morgan fingerprint density at radius 1 is 0.469 bits per heavy atom. The van der Waals surface area contributed by atoms with Gasteiger partial charge in [-0.2, -0.15) is 0 Å². The number of hydrogen-bond donors (Lipinski definition) is 18. The van der Waals surface area contributed by atoms with E-state index in [2.05, 4.69) is 42.5 Å². The summed E-state index contributed by atoms with van der Waals surface area (Å²) in [6, 6.07) is 10.4. The van der Waals surface area contributed by atoms with Crippen LogP contribution in [0.5, 0.6) is 11.5 Å². The third-order valence-electron chi connectivity index (χ3n) is 23.0. The molecule has 0 radical (unpaired) electrons. The fourth-order valence-corrected chi connectivity index (χ4v) is 15.0. The summed E-state index contributed by atoms with van der Waals surface area (Å²) in [5.74, 6) is -30.7. The molecule has 0 spiro atoms. The first kappa shape index (κ1) is 111. The number of piperidine rings is 1. The topological polar surface area (TPSA) is 632 Å². The van der Waals surface area contributed by atoms with Gasteiger partial charge < -0.3 is 99.1 Å². The van der Waals surface area contributed by atoms with Gasteiger partial charge in [0.25, 0.3) is 0 Å². The lowest BCUT2D eigenvalue weighted by Gasteiger charge is -2.30. The highest BCUT2D eigenvalue weighted by molar-refractivity contribution is 6.02. The number of unbranched alkanes of at least 4 members (excludes halogenated alkanes) is 1. The molecule has 38 nitrogen and oxygen atoms in total. The van der Waals surface area contributed by atoms with Crippen molar-refractivity contribution < 1.29 is 137 Å².